The summed E-state index contributed by atoms with van der Waals surface area (Å²) in [4.78, 5) is 16.5. The van der Waals surface area contributed by atoms with Gasteiger partial charge in [-0.3, -0.25) is 4.79 Å². The van der Waals surface area contributed by atoms with Gasteiger partial charge in [0.15, 0.2) is 5.03 Å². The Morgan fingerprint density at radius 1 is 1.04 bits per heavy atom. The van der Waals surface area contributed by atoms with Gasteiger partial charge in [-0.15, -0.1) is 0 Å². The first-order chi connectivity index (χ1) is 12.7. The van der Waals surface area contributed by atoms with E-state index in [9.17, 15) is 39.6 Å². The fraction of sp³-hybridized carbons (Fsp3) is 0.250. The van der Waals surface area contributed by atoms with Gasteiger partial charge in [0, 0.05) is 19.8 Å². The SMILES string of the molecule is CN(Cc1ccc(C(F)(F)F)cc1)C(=O)c1cccnc1S(=O)(=O)C(F)(F)F. The summed E-state index contributed by atoms with van der Waals surface area (Å²) in [7, 11) is -4.70. The van der Waals surface area contributed by atoms with Crippen molar-refractivity contribution in [2.45, 2.75) is 23.3 Å². The molecule has 2 rings (SSSR count). The number of benzene rings is 1. The first kappa shape index (κ1) is 21.7. The van der Waals surface area contributed by atoms with Crippen molar-refractivity contribution >= 4 is 15.7 Å². The molecule has 0 aliphatic carbocycles. The Morgan fingerprint density at radius 3 is 2.11 bits per heavy atom. The summed E-state index contributed by atoms with van der Waals surface area (Å²) in [6.45, 7) is -0.266. The van der Waals surface area contributed by atoms with E-state index in [-0.39, 0.29) is 12.1 Å². The summed E-state index contributed by atoms with van der Waals surface area (Å²) in [5.74, 6) is -1.09. The average molecular weight is 426 g/mol. The molecule has 0 bridgehead atoms. The number of hydrogen-bond acceptors (Lipinski definition) is 4. The number of carbonyl (C=O) groups excluding carboxylic acids is 1. The van der Waals surface area contributed by atoms with Crippen LogP contribution in [0.4, 0.5) is 26.3 Å². The topological polar surface area (TPSA) is 67.3 Å². The smallest absolute Gasteiger partial charge is 0.337 e. The Morgan fingerprint density at radius 2 is 1.61 bits per heavy atom. The van der Waals surface area contributed by atoms with Crippen molar-refractivity contribution in [2.24, 2.45) is 0 Å². The van der Waals surface area contributed by atoms with Crippen LogP contribution in [-0.2, 0) is 22.6 Å². The van der Waals surface area contributed by atoms with Crippen LogP contribution in [-0.4, -0.2) is 36.8 Å². The zero-order valence-corrected chi connectivity index (χ0v) is 14.9. The number of aromatic nitrogens is 1. The Balaban J connectivity index is 2.30. The third-order valence-corrected chi connectivity index (χ3v) is 5.05. The lowest BCUT2D eigenvalue weighted by Crippen LogP contribution is -2.31. The Labute approximate surface area is 155 Å². The molecular formula is C16H12F6N2O3S. The number of hydrogen-bond donors (Lipinski definition) is 0. The third kappa shape index (κ3) is 4.43. The van der Waals surface area contributed by atoms with Gasteiger partial charge in [-0.05, 0) is 29.8 Å². The van der Waals surface area contributed by atoms with E-state index in [1.54, 1.807) is 0 Å². The number of sulfone groups is 1. The van der Waals surface area contributed by atoms with Gasteiger partial charge in [0.05, 0.1) is 11.1 Å². The van der Waals surface area contributed by atoms with Crippen LogP contribution in [0.25, 0.3) is 0 Å². The van der Waals surface area contributed by atoms with E-state index in [0.717, 1.165) is 54.5 Å². The van der Waals surface area contributed by atoms with Crippen molar-refractivity contribution in [3.8, 4) is 0 Å². The molecule has 0 radical (unpaired) electrons. The predicted octanol–water partition coefficient (Wildman–Crippen LogP) is 3.67. The molecule has 0 spiro atoms. The molecule has 1 heterocycles. The van der Waals surface area contributed by atoms with Gasteiger partial charge in [-0.2, -0.15) is 26.3 Å². The number of alkyl halides is 6. The summed E-state index contributed by atoms with van der Waals surface area (Å²) >= 11 is 0. The molecule has 1 aromatic heterocycles. The van der Waals surface area contributed by atoms with Crippen molar-refractivity contribution < 1.29 is 39.6 Å². The molecule has 0 saturated carbocycles. The molecule has 1 aromatic carbocycles. The van der Waals surface area contributed by atoms with Crippen molar-refractivity contribution in [3.05, 3.63) is 59.3 Å². The molecule has 0 atom stereocenters. The Kier molecular flexibility index (Phi) is 5.74. The van der Waals surface area contributed by atoms with E-state index in [1.807, 2.05) is 0 Å². The molecule has 12 heteroatoms. The van der Waals surface area contributed by atoms with Crippen LogP contribution in [0.15, 0.2) is 47.6 Å². The summed E-state index contributed by atoms with van der Waals surface area (Å²) in [5.41, 5.74) is -7.10. The monoisotopic (exact) mass is 426 g/mol. The quantitative estimate of drug-likeness (QED) is 0.700. The van der Waals surface area contributed by atoms with Gasteiger partial charge in [0.25, 0.3) is 15.7 Å². The fourth-order valence-corrected chi connectivity index (χ4v) is 3.09. The molecule has 0 saturated heterocycles. The number of amides is 1. The second-order valence-electron chi connectivity index (χ2n) is 5.66. The molecule has 28 heavy (non-hydrogen) atoms. The first-order valence-electron chi connectivity index (χ1n) is 7.43. The van der Waals surface area contributed by atoms with Gasteiger partial charge < -0.3 is 4.90 Å². The zero-order chi connectivity index (χ0) is 21.3. The standard InChI is InChI=1S/C16H12F6N2O3S/c1-24(9-10-4-6-11(7-5-10)15(17,18)19)14(25)12-3-2-8-23-13(12)28(26,27)16(20,21)22/h2-8H,9H2,1H3. The minimum atomic E-state index is -5.86. The molecular weight excluding hydrogens is 414 g/mol. The van der Waals surface area contributed by atoms with Gasteiger partial charge in [-0.1, -0.05) is 12.1 Å². The Bertz CT molecular complexity index is 969. The van der Waals surface area contributed by atoms with E-state index >= 15 is 0 Å². The summed E-state index contributed by atoms with van der Waals surface area (Å²) in [6, 6.07) is 5.74. The van der Waals surface area contributed by atoms with E-state index in [1.165, 1.54) is 0 Å². The molecule has 0 unspecified atom stereocenters. The van der Waals surface area contributed by atoms with Crippen molar-refractivity contribution in [1.29, 1.82) is 0 Å². The number of rotatable bonds is 4. The minimum Gasteiger partial charge on any atom is -0.337 e. The van der Waals surface area contributed by atoms with Crippen molar-refractivity contribution in [1.82, 2.24) is 9.88 Å². The highest BCUT2D eigenvalue weighted by Gasteiger charge is 2.49. The van der Waals surface area contributed by atoms with Crippen LogP contribution in [0, 0.1) is 0 Å². The summed E-state index contributed by atoms with van der Waals surface area (Å²) < 4.78 is 99.3. The Hall–Kier alpha value is -2.63. The van der Waals surface area contributed by atoms with Crippen LogP contribution in [0.3, 0.4) is 0 Å². The highest BCUT2D eigenvalue weighted by atomic mass is 32.2. The normalized spacial score (nSPS) is 12.7. The van der Waals surface area contributed by atoms with Crippen LogP contribution in [0.5, 0.6) is 0 Å². The van der Waals surface area contributed by atoms with Crippen LogP contribution >= 0.6 is 0 Å². The van der Waals surface area contributed by atoms with Gasteiger partial charge in [0.1, 0.15) is 0 Å². The summed E-state index contributed by atoms with van der Waals surface area (Å²) in [5, 5.41) is -1.44. The highest BCUT2D eigenvalue weighted by molar-refractivity contribution is 7.92. The lowest BCUT2D eigenvalue weighted by atomic mass is 10.1. The maximum absolute atomic E-state index is 12.8. The zero-order valence-electron chi connectivity index (χ0n) is 14.0. The third-order valence-electron chi connectivity index (χ3n) is 3.61. The molecule has 0 N–H and O–H groups in total. The van der Waals surface area contributed by atoms with Gasteiger partial charge >= 0.3 is 11.7 Å². The lowest BCUT2D eigenvalue weighted by molar-refractivity contribution is -0.137. The molecule has 5 nitrogen and oxygen atoms in total. The van der Waals surface area contributed by atoms with Gasteiger partial charge in [-0.25, -0.2) is 13.4 Å². The summed E-state index contributed by atoms with van der Waals surface area (Å²) in [6.07, 6.45) is -3.75. The molecule has 1 amide bonds. The van der Waals surface area contributed by atoms with E-state index in [0.29, 0.717) is 0 Å². The molecule has 0 aliphatic heterocycles. The van der Waals surface area contributed by atoms with Crippen molar-refractivity contribution in [3.63, 3.8) is 0 Å². The molecule has 2 aromatic rings. The minimum absolute atomic E-state index is 0.257. The van der Waals surface area contributed by atoms with Crippen LogP contribution in [0.1, 0.15) is 21.5 Å². The second-order valence-corrected chi connectivity index (χ2v) is 7.52. The van der Waals surface area contributed by atoms with E-state index < -0.39 is 43.6 Å². The lowest BCUT2D eigenvalue weighted by Gasteiger charge is -2.19. The average Bonchev–Trinajstić information content (AvgIpc) is 2.59. The maximum Gasteiger partial charge on any atom is 0.503 e. The second kappa shape index (κ2) is 7.41. The number of halogens is 6. The maximum atomic E-state index is 12.8. The number of carbonyl (C=O) groups is 1. The largest absolute Gasteiger partial charge is 0.503 e. The first-order valence-corrected chi connectivity index (χ1v) is 8.91. The van der Waals surface area contributed by atoms with E-state index in [4.69, 9.17) is 0 Å². The predicted molar refractivity (Wildman–Crippen MR) is 84.7 cm³/mol. The van der Waals surface area contributed by atoms with Crippen molar-refractivity contribution in [2.75, 3.05) is 7.05 Å². The highest BCUT2D eigenvalue weighted by Crippen LogP contribution is 2.32. The van der Waals surface area contributed by atoms with Gasteiger partial charge in [0.2, 0.25) is 0 Å². The molecule has 0 fully saturated rings. The number of nitrogens with zero attached hydrogens (tertiary/aromatic N) is 2. The molecule has 0 aliphatic rings. The van der Waals surface area contributed by atoms with E-state index in [2.05, 4.69) is 4.98 Å². The molecule has 152 valence electrons. The fourth-order valence-electron chi connectivity index (χ4n) is 2.23. The van der Waals surface area contributed by atoms with Crippen LogP contribution < -0.4 is 0 Å². The van der Waals surface area contributed by atoms with Crippen LogP contribution in [0.2, 0.25) is 0 Å². The number of pyridine rings is 1.